The van der Waals surface area contributed by atoms with Crippen LogP contribution in [0.15, 0.2) is 41.4 Å². The topological polar surface area (TPSA) is 32.3 Å². The van der Waals surface area contributed by atoms with Crippen molar-refractivity contribution in [2.24, 2.45) is 0 Å². The molecule has 2 N–H and O–H groups in total. The van der Waals surface area contributed by atoms with Gasteiger partial charge in [0, 0.05) is 17.1 Å². The Hall–Kier alpha value is -0.640. The van der Waals surface area contributed by atoms with Crippen molar-refractivity contribution in [3.8, 4) is 0 Å². The lowest BCUT2D eigenvalue weighted by Crippen LogP contribution is -2.34. The van der Waals surface area contributed by atoms with Crippen LogP contribution in [0.3, 0.4) is 0 Å². The molecule has 0 bridgehead atoms. The van der Waals surface area contributed by atoms with Crippen molar-refractivity contribution in [2.45, 2.75) is 25.5 Å². The molecule has 1 aromatic carbocycles. The minimum Gasteiger partial charge on any atom is -0.387 e. The summed E-state index contributed by atoms with van der Waals surface area (Å²) in [5, 5.41) is 13.4. The van der Waals surface area contributed by atoms with E-state index < -0.39 is 6.10 Å². The Balaban J connectivity index is 2.69. The molecule has 0 aliphatic carbocycles. The molecule has 3 heteroatoms. The number of aliphatic hydroxyl groups is 1. The second-order valence-corrected chi connectivity index (χ2v) is 4.62. The van der Waals surface area contributed by atoms with Crippen LogP contribution < -0.4 is 5.32 Å². The zero-order valence-electron chi connectivity index (χ0n) is 9.49. The van der Waals surface area contributed by atoms with Gasteiger partial charge < -0.3 is 10.4 Å². The average Bonchev–Trinajstić information content (AvgIpc) is 2.30. The van der Waals surface area contributed by atoms with E-state index >= 15 is 0 Å². The predicted molar refractivity (Wildman–Crippen MR) is 71.4 cm³/mol. The van der Waals surface area contributed by atoms with Crippen LogP contribution in [0.25, 0.3) is 0 Å². The summed E-state index contributed by atoms with van der Waals surface area (Å²) < 4.78 is 1.02. The van der Waals surface area contributed by atoms with Gasteiger partial charge in [0.2, 0.25) is 0 Å². The Kier molecular flexibility index (Phi) is 5.74. The van der Waals surface area contributed by atoms with Gasteiger partial charge in [-0.15, -0.1) is 6.58 Å². The van der Waals surface area contributed by atoms with Crippen LogP contribution in [-0.2, 0) is 0 Å². The van der Waals surface area contributed by atoms with Crippen LogP contribution in [0.4, 0.5) is 0 Å². The number of hydrogen-bond donors (Lipinski definition) is 2. The second-order valence-electron chi connectivity index (χ2n) is 3.71. The highest BCUT2D eigenvalue weighted by Crippen LogP contribution is 2.21. The minimum absolute atomic E-state index is 0.0687. The molecule has 0 saturated heterocycles. The molecular formula is C13H18BrNO. The largest absolute Gasteiger partial charge is 0.387 e. The molecule has 1 rings (SSSR count). The zero-order chi connectivity index (χ0) is 12.0. The summed E-state index contributed by atoms with van der Waals surface area (Å²) in [4.78, 5) is 0. The normalized spacial score (nSPS) is 14.4. The predicted octanol–water partition coefficient (Wildman–Crippen LogP) is 3.04. The van der Waals surface area contributed by atoms with E-state index in [9.17, 15) is 5.11 Å². The summed E-state index contributed by atoms with van der Waals surface area (Å²) in [6.07, 6.45) is 2.21. The van der Waals surface area contributed by atoms with Crippen molar-refractivity contribution in [1.29, 1.82) is 0 Å². The van der Waals surface area contributed by atoms with Gasteiger partial charge in [-0.25, -0.2) is 0 Å². The van der Waals surface area contributed by atoms with E-state index in [0.717, 1.165) is 16.5 Å². The molecule has 2 unspecified atom stereocenters. The fourth-order valence-electron chi connectivity index (χ4n) is 1.61. The summed E-state index contributed by atoms with van der Waals surface area (Å²) in [5.41, 5.74) is 0.937. The molecule has 16 heavy (non-hydrogen) atoms. The molecule has 0 spiro atoms. The van der Waals surface area contributed by atoms with Crippen LogP contribution in [0.5, 0.6) is 0 Å². The van der Waals surface area contributed by atoms with Gasteiger partial charge in [0.15, 0.2) is 0 Å². The SMILES string of the molecule is C=CCNC(CC)C(O)c1ccc(Br)cc1. The van der Waals surface area contributed by atoms with Crippen LogP contribution in [-0.4, -0.2) is 17.7 Å². The van der Waals surface area contributed by atoms with Gasteiger partial charge >= 0.3 is 0 Å². The van der Waals surface area contributed by atoms with E-state index in [0.29, 0.717) is 6.54 Å². The zero-order valence-corrected chi connectivity index (χ0v) is 11.1. The van der Waals surface area contributed by atoms with Gasteiger partial charge in [0.05, 0.1) is 6.10 Å². The first-order valence-electron chi connectivity index (χ1n) is 5.46. The van der Waals surface area contributed by atoms with Gasteiger partial charge in [0.25, 0.3) is 0 Å². The third-order valence-electron chi connectivity index (χ3n) is 2.56. The van der Waals surface area contributed by atoms with Crippen molar-refractivity contribution in [2.75, 3.05) is 6.54 Å². The van der Waals surface area contributed by atoms with Gasteiger partial charge in [-0.2, -0.15) is 0 Å². The summed E-state index contributed by atoms with van der Waals surface area (Å²) in [6.45, 7) is 6.43. The Morgan fingerprint density at radius 1 is 1.44 bits per heavy atom. The fourth-order valence-corrected chi connectivity index (χ4v) is 1.87. The van der Waals surface area contributed by atoms with E-state index in [1.807, 2.05) is 24.3 Å². The van der Waals surface area contributed by atoms with E-state index in [1.54, 1.807) is 6.08 Å². The molecule has 0 fully saturated rings. The summed E-state index contributed by atoms with van der Waals surface area (Å²) >= 11 is 3.38. The van der Waals surface area contributed by atoms with Gasteiger partial charge in [-0.3, -0.25) is 0 Å². The first-order valence-corrected chi connectivity index (χ1v) is 6.26. The van der Waals surface area contributed by atoms with E-state index in [4.69, 9.17) is 0 Å². The van der Waals surface area contributed by atoms with E-state index in [-0.39, 0.29) is 6.04 Å². The molecule has 1 aromatic rings. The number of rotatable bonds is 6. The van der Waals surface area contributed by atoms with Gasteiger partial charge in [-0.1, -0.05) is 41.1 Å². The smallest absolute Gasteiger partial charge is 0.0942 e. The maximum atomic E-state index is 10.2. The van der Waals surface area contributed by atoms with Crippen LogP contribution in [0.1, 0.15) is 25.0 Å². The monoisotopic (exact) mass is 283 g/mol. The molecule has 2 nitrogen and oxygen atoms in total. The highest BCUT2D eigenvalue weighted by Gasteiger charge is 2.17. The third kappa shape index (κ3) is 3.74. The highest BCUT2D eigenvalue weighted by molar-refractivity contribution is 9.10. The van der Waals surface area contributed by atoms with Crippen molar-refractivity contribution in [1.82, 2.24) is 5.32 Å². The summed E-state index contributed by atoms with van der Waals surface area (Å²) in [7, 11) is 0. The van der Waals surface area contributed by atoms with Crippen molar-refractivity contribution >= 4 is 15.9 Å². The number of nitrogens with one attached hydrogen (secondary N) is 1. The van der Waals surface area contributed by atoms with E-state index in [2.05, 4.69) is 34.7 Å². The molecule has 0 amide bonds. The number of benzene rings is 1. The molecular weight excluding hydrogens is 266 g/mol. The van der Waals surface area contributed by atoms with Crippen molar-refractivity contribution in [3.05, 3.63) is 47.0 Å². The molecule has 0 saturated carbocycles. The Morgan fingerprint density at radius 3 is 2.56 bits per heavy atom. The average molecular weight is 284 g/mol. The van der Waals surface area contributed by atoms with Crippen LogP contribution in [0.2, 0.25) is 0 Å². The van der Waals surface area contributed by atoms with Gasteiger partial charge in [-0.05, 0) is 24.1 Å². The number of hydrogen-bond acceptors (Lipinski definition) is 2. The van der Waals surface area contributed by atoms with Crippen molar-refractivity contribution < 1.29 is 5.11 Å². The molecule has 0 aromatic heterocycles. The lowest BCUT2D eigenvalue weighted by Gasteiger charge is -2.22. The minimum atomic E-state index is -0.474. The Morgan fingerprint density at radius 2 is 2.06 bits per heavy atom. The quantitative estimate of drug-likeness (QED) is 0.787. The second kappa shape index (κ2) is 6.84. The maximum absolute atomic E-state index is 10.2. The fraction of sp³-hybridized carbons (Fsp3) is 0.385. The summed E-state index contributed by atoms with van der Waals surface area (Å²) in [6, 6.07) is 7.83. The molecule has 0 heterocycles. The highest BCUT2D eigenvalue weighted by atomic mass is 79.9. The number of halogens is 1. The molecule has 0 aliphatic heterocycles. The first-order chi connectivity index (χ1) is 7.69. The van der Waals surface area contributed by atoms with Crippen LogP contribution in [0, 0.1) is 0 Å². The number of aliphatic hydroxyl groups excluding tert-OH is 1. The standard InChI is InChI=1S/C13H18BrNO/c1-3-9-15-12(4-2)13(16)10-5-7-11(14)8-6-10/h3,5-8,12-13,15-16H,1,4,9H2,2H3. The molecule has 2 atom stereocenters. The van der Waals surface area contributed by atoms with E-state index in [1.165, 1.54) is 0 Å². The van der Waals surface area contributed by atoms with Crippen molar-refractivity contribution in [3.63, 3.8) is 0 Å². The Bertz CT molecular complexity index is 323. The maximum Gasteiger partial charge on any atom is 0.0942 e. The van der Waals surface area contributed by atoms with Gasteiger partial charge in [0.1, 0.15) is 0 Å². The lowest BCUT2D eigenvalue weighted by atomic mass is 10.0. The van der Waals surface area contributed by atoms with Crippen LogP contribution >= 0.6 is 15.9 Å². The first kappa shape index (κ1) is 13.4. The Labute approximate surface area is 106 Å². The molecule has 0 radical (unpaired) electrons. The lowest BCUT2D eigenvalue weighted by molar-refractivity contribution is 0.128. The third-order valence-corrected chi connectivity index (χ3v) is 3.09. The summed E-state index contributed by atoms with van der Waals surface area (Å²) in [5.74, 6) is 0. The molecule has 0 aliphatic rings. The molecule has 88 valence electrons.